The van der Waals surface area contributed by atoms with Gasteiger partial charge in [-0.15, -0.1) is 0 Å². The first-order valence-corrected chi connectivity index (χ1v) is 5.96. The maximum Gasteiger partial charge on any atom is 0.407 e. The Morgan fingerprint density at radius 3 is 2.89 bits per heavy atom. The van der Waals surface area contributed by atoms with Crippen LogP contribution in [0.1, 0.15) is 12.5 Å². The molecular weight excluding hydrogens is 256 g/mol. The SMILES string of the molecule is CNC(=O)OC1(C)CN(c2nc(Cl)ncc2C)C1. The van der Waals surface area contributed by atoms with Gasteiger partial charge in [0.2, 0.25) is 5.28 Å². The molecule has 0 unspecified atom stereocenters. The highest BCUT2D eigenvalue weighted by atomic mass is 35.5. The van der Waals surface area contributed by atoms with E-state index < -0.39 is 11.7 Å². The fourth-order valence-corrected chi connectivity index (χ4v) is 2.11. The summed E-state index contributed by atoms with van der Waals surface area (Å²) in [6, 6.07) is 0. The van der Waals surface area contributed by atoms with Gasteiger partial charge in [0.15, 0.2) is 0 Å². The van der Waals surface area contributed by atoms with Crippen molar-refractivity contribution in [2.45, 2.75) is 19.4 Å². The number of rotatable bonds is 2. The first-order valence-electron chi connectivity index (χ1n) is 5.58. The molecule has 7 heteroatoms. The lowest BCUT2D eigenvalue weighted by Crippen LogP contribution is -2.63. The molecular formula is C11H15ClN4O2. The highest BCUT2D eigenvalue weighted by molar-refractivity contribution is 6.28. The summed E-state index contributed by atoms with van der Waals surface area (Å²) in [5.74, 6) is 0.785. The van der Waals surface area contributed by atoms with Gasteiger partial charge >= 0.3 is 6.09 Å². The molecule has 0 atom stereocenters. The topological polar surface area (TPSA) is 67.3 Å². The van der Waals surface area contributed by atoms with Crippen molar-refractivity contribution in [1.29, 1.82) is 0 Å². The second-order valence-corrected chi connectivity index (χ2v) is 4.93. The monoisotopic (exact) mass is 270 g/mol. The second-order valence-electron chi connectivity index (χ2n) is 4.59. The summed E-state index contributed by atoms with van der Waals surface area (Å²) in [6.07, 6.45) is 1.26. The van der Waals surface area contributed by atoms with Crippen LogP contribution in [0.4, 0.5) is 10.6 Å². The van der Waals surface area contributed by atoms with Crippen LogP contribution in [0.5, 0.6) is 0 Å². The van der Waals surface area contributed by atoms with E-state index in [-0.39, 0.29) is 5.28 Å². The molecule has 1 saturated heterocycles. The molecule has 1 amide bonds. The Hall–Kier alpha value is -1.56. The average molecular weight is 271 g/mol. The molecule has 1 N–H and O–H groups in total. The molecule has 0 saturated carbocycles. The van der Waals surface area contributed by atoms with Crippen LogP contribution in [0, 0.1) is 6.92 Å². The quantitative estimate of drug-likeness (QED) is 0.822. The number of hydrogen-bond donors (Lipinski definition) is 1. The van der Waals surface area contributed by atoms with E-state index >= 15 is 0 Å². The van der Waals surface area contributed by atoms with Crippen molar-refractivity contribution >= 4 is 23.5 Å². The highest BCUT2D eigenvalue weighted by Crippen LogP contribution is 2.31. The van der Waals surface area contributed by atoms with Crippen molar-refractivity contribution in [1.82, 2.24) is 15.3 Å². The Labute approximate surface area is 110 Å². The van der Waals surface area contributed by atoms with Crippen molar-refractivity contribution in [3.63, 3.8) is 0 Å². The summed E-state index contributed by atoms with van der Waals surface area (Å²) in [7, 11) is 1.54. The summed E-state index contributed by atoms with van der Waals surface area (Å²) >= 11 is 5.78. The Bertz CT molecular complexity index is 474. The van der Waals surface area contributed by atoms with Gasteiger partial charge in [0.25, 0.3) is 0 Å². The van der Waals surface area contributed by atoms with E-state index in [4.69, 9.17) is 16.3 Å². The second kappa shape index (κ2) is 4.61. The van der Waals surface area contributed by atoms with Crippen LogP contribution in [0.2, 0.25) is 5.28 Å². The van der Waals surface area contributed by atoms with Gasteiger partial charge < -0.3 is 15.0 Å². The molecule has 2 heterocycles. The largest absolute Gasteiger partial charge is 0.439 e. The van der Waals surface area contributed by atoms with Crippen LogP contribution < -0.4 is 10.2 Å². The molecule has 2 rings (SSSR count). The van der Waals surface area contributed by atoms with Crippen molar-refractivity contribution in [2.24, 2.45) is 0 Å². The number of ether oxygens (including phenoxy) is 1. The molecule has 1 aliphatic rings. The van der Waals surface area contributed by atoms with Gasteiger partial charge in [-0.2, -0.15) is 0 Å². The lowest BCUT2D eigenvalue weighted by Gasteiger charge is -2.47. The number of carbonyl (C=O) groups excluding carboxylic acids is 1. The van der Waals surface area contributed by atoms with Crippen LogP contribution in [-0.2, 0) is 4.74 Å². The van der Waals surface area contributed by atoms with Gasteiger partial charge in [-0.3, -0.25) is 0 Å². The van der Waals surface area contributed by atoms with Crippen molar-refractivity contribution in [3.8, 4) is 0 Å². The van der Waals surface area contributed by atoms with E-state index in [9.17, 15) is 4.79 Å². The minimum absolute atomic E-state index is 0.219. The Kier molecular flexibility index (Phi) is 3.30. The Balaban J connectivity index is 2.04. The van der Waals surface area contributed by atoms with E-state index in [1.807, 2.05) is 18.7 Å². The maximum absolute atomic E-state index is 11.2. The van der Waals surface area contributed by atoms with Crippen LogP contribution >= 0.6 is 11.6 Å². The highest BCUT2D eigenvalue weighted by Gasteiger charge is 2.43. The molecule has 1 aromatic rings. The molecule has 18 heavy (non-hydrogen) atoms. The van der Waals surface area contributed by atoms with Gasteiger partial charge in [-0.1, -0.05) is 0 Å². The first kappa shape index (κ1) is 12.9. The zero-order valence-electron chi connectivity index (χ0n) is 10.5. The van der Waals surface area contributed by atoms with Crippen LogP contribution in [-0.4, -0.2) is 41.8 Å². The molecule has 0 spiro atoms. The average Bonchev–Trinajstić information content (AvgIpc) is 2.29. The zero-order chi connectivity index (χ0) is 13.3. The summed E-state index contributed by atoms with van der Waals surface area (Å²) in [5, 5.41) is 2.66. The summed E-state index contributed by atoms with van der Waals surface area (Å²) in [5.41, 5.74) is 0.464. The number of nitrogens with zero attached hydrogens (tertiary/aromatic N) is 3. The standard InChI is InChI=1S/C11H15ClN4O2/c1-7-4-14-9(12)15-8(7)16-5-11(2,6-16)18-10(17)13-3/h4H,5-6H2,1-3H3,(H,13,17). The van der Waals surface area contributed by atoms with E-state index in [2.05, 4.69) is 15.3 Å². The number of hydrogen-bond acceptors (Lipinski definition) is 5. The Morgan fingerprint density at radius 2 is 2.28 bits per heavy atom. The smallest absolute Gasteiger partial charge is 0.407 e. The zero-order valence-corrected chi connectivity index (χ0v) is 11.3. The molecule has 0 radical (unpaired) electrons. The number of amides is 1. The van der Waals surface area contributed by atoms with Crippen molar-refractivity contribution in [3.05, 3.63) is 17.0 Å². The van der Waals surface area contributed by atoms with E-state index in [1.54, 1.807) is 6.20 Å². The molecule has 98 valence electrons. The van der Waals surface area contributed by atoms with Crippen molar-refractivity contribution in [2.75, 3.05) is 25.0 Å². The molecule has 1 fully saturated rings. The number of nitrogens with one attached hydrogen (secondary N) is 1. The van der Waals surface area contributed by atoms with Crippen LogP contribution in [0.25, 0.3) is 0 Å². The van der Waals surface area contributed by atoms with Gasteiger partial charge in [0.1, 0.15) is 11.4 Å². The lowest BCUT2D eigenvalue weighted by atomic mass is 9.96. The van der Waals surface area contributed by atoms with Gasteiger partial charge in [-0.05, 0) is 25.4 Å². The van der Waals surface area contributed by atoms with E-state index in [1.165, 1.54) is 7.05 Å². The number of aromatic nitrogens is 2. The third-order valence-electron chi connectivity index (χ3n) is 2.81. The van der Waals surface area contributed by atoms with Crippen LogP contribution in [0.15, 0.2) is 6.20 Å². The van der Waals surface area contributed by atoms with Gasteiger partial charge in [-0.25, -0.2) is 14.8 Å². The predicted octanol–water partition coefficient (Wildman–Crippen LogP) is 1.37. The third-order valence-corrected chi connectivity index (χ3v) is 2.99. The molecule has 1 aromatic heterocycles. The normalized spacial score (nSPS) is 17.0. The molecule has 0 aliphatic carbocycles. The summed E-state index contributed by atoms with van der Waals surface area (Å²) in [4.78, 5) is 21.3. The third kappa shape index (κ3) is 2.48. The van der Waals surface area contributed by atoms with Gasteiger partial charge in [0, 0.05) is 18.8 Å². The fraction of sp³-hybridized carbons (Fsp3) is 0.545. The summed E-state index contributed by atoms with van der Waals surface area (Å²) in [6.45, 7) is 4.99. The summed E-state index contributed by atoms with van der Waals surface area (Å²) < 4.78 is 5.28. The molecule has 0 bridgehead atoms. The van der Waals surface area contributed by atoms with E-state index in [0.717, 1.165) is 11.4 Å². The molecule has 6 nitrogen and oxygen atoms in total. The number of halogens is 1. The number of alkyl carbamates (subject to hydrolysis) is 1. The van der Waals surface area contributed by atoms with E-state index in [0.29, 0.717) is 13.1 Å². The first-order chi connectivity index (χ1) is 8.43. The number of aryl methyl sites for hydroxylation is 1. The fourth-order valence-electron chi connectivity index (χ4n) is 1.98. The minimum Gasteiger partial charge on any atom is -0.439 e. The van der Waals surface area contributed by atoms with Crippen molar-refractivity contribution < 1.29 is 9.53 Å². The lowest BCUT2D eigenvalue weighted by molar-refractivity contribution is 0.00474. The number of carbonyl (C=O) groups is 1. The maximum atomic E-state index is 11.2. The predicted molar refractivity (Wildman–Crippen MR) is 67.9 cm³/mol. The van der Waals surface area contributed by atoms with Gasteiger partial charge in [0.05, 0.1) is 13.1 Å². The number of anilines is 1. The van der Waals surface area contributed by atoms with Crippen LogP contribution in [0.3, 0.4) is 0 Å². The minimum atomic E-state index is -0.482. The molecule has 1 aliphatic heterocycles. The Morgan fingerprint density at radius 1 is 1.61 bits per heavy atom. The molecule has 0 aromatic carbocycles.